The van der Waals surface area contributed by atoms with Crippen molar-refractivity contribution in [2.24, 2.45) is 7.05 Å². The van der Waals surface area contributed by atoms with Crippen LogP contribution in [0.15, 0.2) is 12.4 Å². The normalized spacial score (nSPS) is 20.6. The van der Waals surface area contributed by atoms with Gasteiger partial charge in [0.2, 0.25) is 0 Å². The summed E-state index contributed by atoms with van der Waals surface area (Å²) in [6.07, 6.45) is 7.43. The number of nitrogens with zero attached hydrogens (tertiary/aromatic N) is 3. The lowest BCUT2D eigenvalue weighted by molar-refractivity contribution is 0.153. The van der Waals surface area contributed by atoms with E-state index in [0.29, 0.717) is 5.54 Å². The molecule has 0 saturated carbocycles. The summed E-state index contributed by atoms with van der Waals surface area (Å²) in [6.45, 7) is 5.84. The fraction of sp³-hybridized carbons (Fsp3) is 0.769. The maximum Gasteiger partial charge on any atom is 0.109 e. The second kappa shape index (κ2) is 5.19. The van der Waals surface area contributed by atoms with Crippen molar-refractivity contribution >= 4 is 0 Å². The maximum absolute atomic E-state index is 4.37. The molecular weight excluding hydrogens is 212 g/mol. The lowest BCUT2D eigenvalue weighted by Crippen LogP contribution is -2.50. The van der Waals surface area contributed by atoms with Crippen LogP contribution in [0.5, 0.6) is 0 Å². The van der Waals surface area contributed by atoms with Crippen molar-refractivity contribution in [3.8, 4) is 0 Å². The van der Waals surface area contributed by atoms with E-state index in [4.69, 9.17) is 0 Å². The molecule has 17 heavy (non-hydrogen) atoms. The van der Waals surface area contributed by atoms with E-state index >= 15 is 0 Å². The van der Waals surface area contributed by atoms with E-state index in [9.17, 15) is 0 Å². The van der Waals surface area contributed by atoms with Crippen molar-refractivity contribution in [1.29, 1.82) is 0 Å². The van der Waals surface area contributed by atoms with Crippen LogP contribution in [-0.2, 0) is 13.5 Å². The molecule has 2 rings (SSSR count). The first-order chi connectivity index (χ1) is 8.13. The van der Waals surface area contributed by atoms with Crippen molar-refractivity contribution in [1.82, 2.24) is 19.8 Å². The molecule has 96 valence electrons. The molecule has 0 aromatic carbocycles. The molecule has 4 heteroatoms. The number of hydrogen-bond donors (Lipinski definition) is 1. The van der Waals surface area contributed by atoms with Gasteiger partial charge in [-0.25, -0.2) is 4.98 Å². The smallest absolute Gasteiger partial charge is 0.109 e. The molecule has 0 radical (unpaired) electrons. The molecular formula is C13H24N4. The summed E-state index contributed by atoms with van der Waals surface area (Å²) in [5, 5.41) is 3.44. The van der Waals surface area contributed by atoms with Crippen LogP contribution in [0.2, 0.25) is 0 Å². The number of nitrogens with one attached hydrogen (secondary N) is 1. The van der Waals surface area contributed by atoms with Crippen molar-refractivity contribution in [2.75, 3.05) is 26.7 Å². The van der Waals surface area contributed by atoms with Crippen molar-refractivity contribution in [2.45, 2.75) is 31.7 Å². The maximum atomic E-state index is 4.37. The first-order valence-electron chi connectivity index (χ1n) is 6.50. The average Bonchev–Trinajstić information content (AvgIpc) is 2.74. The van der Waals surface area contributed by atoms with Crippen LogP contribution < -0.4 is 5.32 Å². The van der Waals surface area contributed by atoms with Crippen molar-refractivity contribution in [3.05, 3.63) is 18.2 Å². The zero-order chi connectivity index (χ0) is 12.3. The highest BCUT2D eigenvalue weighted by Gasteiger charge is 2.27. The molecule has 0 bridgehead atoms. The molecule has 0 aliphatic carbocycles. The van der Waals surface area contributed by atoms with Crippen LogP contribution in [0.1, 0.15) is 25.6 Å². The molecule has 0 unspecified atom stereocenters. The summed E-state index contributed by atoms with van der Waals surface area (Å²) < 4.78 is 2.11. The minimum Gasteiger partial charge on any atom is -0.338 e. The zero-order valence-corrected chi connectivity index (χ0v) is 11.2. The van der Waals surface area contributed by atoms with Gasteiger partial charge in [-0.1, -0.05) is 0 Å². The minimum absolute atomic E-state index is 0.347. The molecule has 2 heterocycles. The summed E-state index contributed by atoms with van der Waals surface area (Å²) in [4.78, 5) is 6.92. The van der Waals surface area contributed by atoms with E-state index in [0.717, 1.165) is 13.0 Å². The van der Waals surface area contributed by atoms with Crippen LogP contribution >= 0.6 is 0 Å². The molecule has 0 amide bonds. The SMILES string of the molecule is CNC1(C)CCN(CCc2nccn2C)CC1. The van der Waals surface area contributed by atoms with Crippen LogP contribution in [0.4, 0.5) is 0 Å². The highest BCUT2D eigenvalue weighted by molar-refractivity contribution is 4.93. The summed E-state index contributed by atoms with van der Waals surface area (Å²) in [5.74, 6) is 1.19. The van der Waals surface area contributed by atoms with E-state index in [1.165, 1.54) is 31.8 Å². The van der Waals surface area contributed by atoms with Crippen LogP contribution in [0, 0.1) is 0 Å². The van der Waals surface area contributed by atoms with Gasteiger partial charge in [0.15, 0.2) is 0 Å². The molecule has 0 atom stereocenters. The number of aryl methyl sites for hydroxylation is 1. The Labute approximate surface area is 104 Å². The molecule has 1 fully saturated rings. The molecule has 1 aromatic rings. The third kappa shape index (κ3) is 3.07. The molecule has 1 aliphatic heterocycles. The van der Waals surface area contributed by atoms with Gasteiger partial charge in [0.25, 0.3) is 0 Å². The first-order valence-corrected chi connectivity index (χ1v) is 6.50. The fourth-order valence-corrected chi connectivity index (χ4v) is 2.42. The summed E-state index contributed by atoms with van der Waals surface area (Å²) >= 11 is 0. The number of imidazole rings is 1. The second-order valence-corrected chi connectivity index (χ2v) is 5.36. The highest BCUT2D eigenvalue weighted by Crippen LogP contribution is 2.20. The number of aromatic nitrogens is 2. The number of likely N-dealkylation sites (tertiary alicyclic amines) is 1. The largest absolute Gasteiger partial charge is 0.338 e. The molecule has 1 aliphatic rings. The topological polar surface area (TPSA) is 33.1 Å². The monoisotopic (exact) mass is 236 g/mol. The van der Waals surface area contributed by atoms with Gasteiger partial charge < -0.3 is 14.8 Å². The Morgan fingerprint density at radius 1 is 1.41 bits per heavy atom. The Bertz CT molecular complexity index is 350. The quantitative estimate of drug-likeness (QED) is 0.848. The number of hydrogen-bond acceptors (Lipinski definition) is 3. The summed E-state index contributed by atoms with van der Waals surface area (Å²) in [5.41, 5.74) is 0.347. The molecule has 1 aromatic heterocycles. The predicted molar refractivity (Wildman–Crippen MR) is 70.1 cm³/mol. The lowest BCUT2D eigenvalue weighted by atomic mass is 9.90. The summed E-state index contributed by atoms with van der Waals surface area (Å²) in [6, 6.07) is 0. The summed E-state index contributed by atoms with van der Waals surface area (Å²) in [7, 11) is 4.14. The van der Waals surface area contributed by atoms with Crippen LogP contribution in [0.3, 0.4) is 0 Å². The Balaban J connectivity index is 1.77. The highest BCUT2D eigenvalue weighted by atomic mass is 15.2. The van der Waals surface area contributed by atoms with Gasteiger partial charge in [0.05, 0.1) is 0 Å². The van der Waals surface area contributed by atoms with Gasteiger partial charge in [-0.05, 0) is 39.9 Å². The zero-order valence-electron chi connectivity index (χ0n) is 11.2. The van der Waals surface area contributed by atoms with Crippen molar-refractivity contribution in [3.63, 3.8) is 0 Å². The van der Waals surface area contributed by atoms with Gasteiger partial charge in [-0.3, -0.25) is 0 Å². The van der Waals surface area contributed by atoms with E-state index in [2.05, 4.69) is 40.8 Å². The third-order valence-corrected chi connectivity index (χ3v) is 4.14. The predicted octanol–water partition coefficient (Wildman–Crippen LogP) is 1.04. The van der Waals surface area contributed by atoms with E-state index < -0.39 is 0 Å². The van der Waals surface area contributed by atoms with Crippen molar-refractivity contribution < 1.29 is 0 Å². The molecule has 1 saturated heterocycles. The number of piperidine rings is 1. The molecule has 4 nitrogen and oxygen atoms in total. The van der Waals surface area contributed by atoms with Gasteiger partial charge in [0, 0.05) is 37.9 Å². The average molecular weight is 236 g/mol. The Morgan fingerprint density at radius 3 is 2.65 bits per heavy atom. The second-order valence-electron chi connectivity index (χ2n) is 5.36. The fourth-order valence-electron chi connectivity index (χ4n) is 2.42. The Hall–Kier alpha value is -0.870. The van der Waals surface area contributed by atoms with Gasteiger partial charge >= 0.3 is 0 Å². The van der Waals surface area contributed by atoms with Gasteiger partial charge in [-0.15, -0.1) is 0 Å². The van der Waals surface area contributed by atoms with E-state index in [-0.39, 0.29) is 0 Å². The van der Waals surface area contributed by atoms with Crippen LogP contribution in [0.25, 0.3) is 0 Å². The van der Waals surface area contributed by atoms with Crippen LogP contribution in [-0.4, -0.2) is 46.7 Å². The lowest BCUT2D eigenvalue weighted by Gasteiger charge is -2.39. The van der Waals surface area contributed by atoms with Gasteiger partial charge in [-0.2, -0.15) is 0 Å². The first kappa shape index (κ1) is 12.6. The van der Waals surface area contributed by atoms with E-state index in [1.54, 1.807) is 0 Å². The molecule has 0 spiro atoms. The Kier molecular flexibility index (Phi) is 3.84. The molecule has 1 N–H and O–H groups in total. The van der Waals surface area contributed by atoms with E-state index in [1.807, 2.05) is 12.4 Å². The van der Waals surface area contributed by atoms with Gasteiger partial charge in [0.1, 0.15) is 5.82 Å². The minimum atomic E-state index is 0.347. The third-order valence-electron chi connectivity index (χ3n) is 4.14. The number of rotatable bonds is 4. The Morgan fingerprint density at radius 2 is 2.12 bits per heavy atom. The standard InChI is InChI=1S/C13H24N4/c1-13(14-2)5-9-17(10-6-13)8-4-12-15-7-11-16(12)3/h7,11,14H,4-6,8-10H2,1-3H3.